The molecular weight excluding hydrogens is 270 g/mol. The van der Waals surface area contributed by atoms with Crippen molar-refractivity contribution in [3.05, 3.63) is 45.7 Å². The summed E-state index contributed by atoms with van der Waals surface area (Å²) in [7, 11) is 0. The first-order chi connectivity index (χ1) is 9.17. The average molecular weight is 282 g/mol. The maximum Gasteiger partial charge on any atom is 0.169 e. The second kappa shape index (κ2) is 6.04. The summed E-state index contributed by atoms with van der Waals surface area (Å²) in [5.74, 6) is -2.10. The van der Waals surface area contributed by atoms with Crippen LogP contribution < -0.4 is 0 Å². The molecule has 0 unspecified atom stereocenters. The molecule has 2 nitrogen and oxygen atoms in total. The summed E-state index contributed by atoms with van der Waals surface area (Å²) in [5.41, 5.74) is 0.474. The van der Waals surface area contributed by atoms with E-state index in [0.717, 1.165) is 4.88 Å². The first kappa shape index (κ1) is 13.8. The summed E-state index contributed by atoms with van der Waals surface area (Å²) in [5, 5.41) is 1.74. The predicted octanol–water partition coefficient (Wildman–Crippen LogP) is 4.04. The van der Waals surface area contributed by atoms with E-state index in [2.05, 4.69) is 0 Å². The smallest absolute Gasteiger partial charge is 0.169 e. The molecule has 1 aromatic heterocycles. The monoisotopic (exact) mass is 282 g/mol. The number of ether oxygens (including phenoxy) is 1. The molecule has 0 bridgehead atoms. The standard InChI is InChI=1S/C14H12F2O2S/c1-2-18-7-11-5-10(8-19-11)12-4-3-9(6-17)13(15)14(12)16/h3-6,8H,2,7H2,1H3. The van der Waals surface area contributed by atoms with Gasteiger partial charge in [0.05, 0.1) is 12.2 Å². The number of halogens is 2. The second-order valence-corrected chi connectivity index (χ2v) is 4.88. The van der Waals surface area contributed by atoms with Gasteiger partial charge >= 0.3 is 0 Å². The van der Waals surface area contributed by atoms with Crippen LogP contribution in [-0.4, -0.2) is 12.9 Å². The fraction of sp³-hybridized carbons (Fsp3) is 0.214. The highest BCUT2D eigenvalue weighted by atomic mass is 32.1. The lowest BCUT2D eigenvalue weighted by Gasteiger charge is -2.03. The van der Waals surface area contributed by atoms with E-state index in [-0.39, 0.29) is 11.1 Å². The van der Waals surface area contributed by atoms with Crippen molar-refractivity contribution in [3.63, 3.8) is 0 Å². The zero-order chi connectivity index (χ0) is 13.8. The van der Waals surface area contributed by atoms with Gasteiger partial charge in [-0.05, 0) is 30.0 Å². The molecule has 0 aliphatic rings. The van der Waals surface area contributed by atoms with Gasteiger partial charge in [0.1, 0.15) is 0 Å². The molecular formula is C14H12F2O2S. The maximum absolute atomic E-state index is 13.8. The second-order valence-electron chi connectivity index (χ2n) is 3.89. The van der Waals surface area contributed by atoms with Crippen molar-refractivity contribution in [1.82, 2.24) is 0 Å². The molecule has 0 saturated carbocycles. The van der Waals surface area contributed by atoms with Gasteiger partial charge in [0.25, 0.3) is 0 Å². The van der Waals surface area contributed by atoms with Gasteiger partial charge in [0.2, 0.25) is 0 Å². The van der Waals surface area contributed by atoms with Gasteiger partial charge in [0.15, 0.2) is 17.9 Å². The SMILES string of the molecule is CCOCc1cc(-c2ccc(C=O)c(F)c2F)cs1. The number of rotatable bonds is 5. The lowest BCUT2D eigenvalue weighted by atomic mass is 10.1. The summed E-state index contributed by atoms with van der Waals surface area (Å²) >= 11 is 1.43. The molecule has 0 N–H and O–H groups in total. The van der Waals surface area contributed by atoms with E-state index in [9.17, 15) is 13.6 Å². The highest BCUT2D eigenvalue weighted by molar-refractivity contribution is 7.10. The van der Waals surface area contributed by atoms with Crippen LogP contribution in [0.25, 0.3) is 11.1 Å². The molecule has 0 fully saturated rings. The van der Waals surface area contributed by atoms with Crippen LogP contribution in [-0.2, 0) is 11.3 Å². The van der Waals surface area contributed by atoms with E-state index in [1.807, 2.05) is 6.92 Å². The minimum atomic E-state index is -1.11. The maximum atomic E-state index is 13.8. The Balaban J connectivity index is 2.34. The molecule has 0 aliphatic carbocycles. The summed E-state index contributed by atoms with van der Waals surface area (Å²) in [6.07, 6.45) is 0.302. The minimum Gasteiger partial charge on any atom is -0.376 e. The molecule has 0 amide bonds. The van der Waals surface area contributed by atoms with Crippen LogP contribution in [0.5, 0.6) is 0 Å². The summed E-state index contributed by atoms with van der Waals surface area (Å²) in [6, 6.07) is 4.45. The van der Waals surface area contributed by atoms with Crippen LogP contribution in [0.15, 0.2) is 23.6 Å². The van der Waals surface area contributed by atoms with E-state index in [4.69, 9.17) is 4.74 Å². The van der Waals surface area contributed by atoms with Crippen molar-refractivity contribution in [3.8, 4) is 11.1 Å². The summed E-state index contributed by atoms with van der Waals surface area (Å²) in [6.45, 7) is 2.95. The Morgan fingerprint density at radius 1 is 1.32 bits per heavy atom. The normalized spacial score (nSPS) is 10.7. The van der Waals surface area contributed by atoms with Crippen LogP contribution in [0.1, 0.15) is 22.2 Å². The molecule has 2 rings (SSSR count). The average Bonchev–Trinajstić information content (AvgIpc) is 2.88. The number of hydrogen-bond donors (Lipinski definition) is 0. The van der Waals surface area contributed by atoms with Crippen molar-refractivity contribution in [2.24, 2.45) is 0 Å². The molecule has 0 atom stereocenters. The van der Waals surface area contributed by atoms with Crippen LogP contribution in [0.2, 0.25) is 0 Å². The van der Waals surface area contributed by atoms with Gasteiger partial charge < -0.3 is 4.74 Å². The number of benzene rings is 1. The van der Waals surface area contributed by atoms with E-state index >= 15 is 0 Å². The van der Waals surface area contributed by atoms with Crippen LogP contribution in [0.3, 0.4) is 0 Å². The Kier molecular flexibility index (Phi) is 4.39. The molecule has 100 valence electrons. The quantitative estimate of drug-likeness (QED) is 0.774. The third kappa shape index (κ3) is 2.88. The van der Waals surface area contributed by atoms with E-state index in [0.29, 0.717) is 25.1 Å². The third-order valence-corrected chi connectivity index (χ3v) is 3.56. The first-order valence-corrected chi connectivity index (χ1v) is 6.64. The van der Waals surface area contributed by atoms with Gasteiger partial charge in [-0.2, -0.15) is 0 Å². The largest absolute Gasteiger partial charge is 0.376 e. The number of thiophene rings is 1. The molecule has 1 aromatic carbocycles. The third-order valence-electron chi connectivity index (χ3n) is 2.65. The number of aldehydes is 1. The van der Waals surface area contributed by atoms with Crippen LogP contribution >= 0.6 is 11.3 Å². The van der Waals surface area contributed by atoms with Crippen LogP contribution in [0, 0.1) is 11.6 Å². The molecule has 0 spiro atoms. The molecule has 5 heteroatoms. The Morgan fingerprint density at radius 3 is 2.79 bits per heavy atom. The molecule has 2 aromatic rings. The fourth-order valence-electron chi connectivity index (χ4n) is 1.68. The zero-order valence-corrected chi connectivity index (χ0v) is 11.1. The van der Waals surface area contributed by atoms with E-state index in [1.165, 1.54) is 23.5 Å². The van der Waals surface area contributed by atoms with Gasteiger partial charge in [-0.3, -0.25) is 4.79 Å². The van der Waals surface area contributed by atoms with Gasteiger partial charge in [-0.15, -0.1) is 11.3 Å². The Hall–Kier alpha value is -1.59. The van der Waals surface area contributed by atoms with Crippen molar-refractivity contribution in [2.75, 3.05) is 6.61 Å². The molecule has 0 radical (unpaired) electrons. The summed E-state index contributed by atoms with van der Waals surface area (Å²) < 4.78 is 32.6. The Morgan fingerprint density at radius 2 is 2.11 bits per heavy atom. The first-order valence-electron chi connectivity index (χ1n) is 5.76. The molecule has 0 aliphatic heterocycles. The minimum absolute atomic E-state index is 0.155. The molecule has 19 heavy (non-hydrogen) atoms. The molecule has 0 saturated heterocycles. The van der Waals surface area contributed by atoms with Gasteiger partial charge in [-0.25, -0.2) is 8.78 Å². The number of carbonyl (C=O) groups excluding carboxylic acids is 1. The van der Waals surface area contributed by atoms with Gasteiger partial charge in [-0.1, -0.05) is 6.07 Å². The number of hydrogen-bond acceptors (Lipinski definition) is 3. The van der Waals surface area contributed by atoms with Gasteiger partial charge in [0, 0.05) is 17.0 Å². The number of carbonyl (C=O) groups is 1. The van der Waals surface area contributed by atoms with Crippen molar-refractivity contribution in [2.45, 2.75) is 13.5 Å². The lowest BCUT2D eigenvalue weighted by molar-refractivity contribution is 0.111. The zero-order valence-electron chi connectivity index (χ0n) is 10.3. The fourth-order valence-corrected chi connectivity index (χ4v) is 2.50. The topological polar surface area (TPSA) is 26.3 Å². The van der Waals surface area contributed by atoms with Crippen molar-refractivity contribution >= 4 is 17.6 Å². The highest BCUT2D eigenvalue weighted by Gasteiger charge is 2.15. The van der Waals surface area contributed by atoms with E-state index in [1.54, 1.807) is 11.4 Å². The van der Waals surface area contributed by atoms with Crippen LogP contribution in [0.4, 0.5) is 8.78 Å². The Labute approximate surface area is 113 Å². The lowest BCUT2D eigenvalue weighted by Crippen LogP contribution is -1.95. The highest BCUT2D eigenvalue weighted by Crippen LogP contribution is 2.30. The Bertz CT molecular complexity index is 593. The van der Waals surface area contributed by atoms with Crippen molar-refractivity contribution in [1.29, 1.82) is 0 Å². The summed E-state index contributed by atoms with van der Waals surface area (Å²) in [4.78, 5) is 11.5. The van der Waals surface area contributed by atoms with E-state index < -0.39 is 11.6 Å². The predicted molar refractivity (Wildman–Crippen MR) is 70.4 cm³/mol. The van der Waals surface area contributed by atoms with Crippen molar-refractivity contribution < 1.29 is 18.3 Å². The molecule has 1 heterocycles.